The van der Waals surface area contributed by atoms with Crippen molar-refractivity contribution in [3.8, 4) is 23.0 Å². The van der Waals surface area contributed by atoms with E-state index in [0.717, 1.165) is 50.3 Å². The smallest absolute Gasteiger partial charge is 0.203 e. The molecule has 1 saturated carbocycles. The number of aromatic nitrogens is 3. The third-order valence-electron chi connectivity index (χ3n) is 6.87. The Hall–Kier alpha value is -3.29. The lowest BCUT2D eigenvalue weighted by atomic mass is 9.85. The fourth-order valence-electron chi connectivity index (χ4n) is 4.78. The second-order valence-corrected chi connectivity index (χ2v) is 9.65. The van der Waals surface area contributed by atoms with E-state index in [2.05, 4.69) is 52.8 Å². The molecule has 4 aromatic rings. The summed E-state index contributed by atoms with van der Waals surface area (Å²) in [7, 11) is 2.07. The van der Waals surface area contributed by atoms with E-state index in [0.29, 0.717) is 6.04 Å². The number of anilines is 1. The monoisotopic (exact) mass is 468 g/mol. The van der Waals surface area contributed by atoms with Crippen LogP contribution >= 0.6 is 11.6 Å². The first-order valence-electron chi connectivity index (χ1n) is 12.0. The molecule has 1 aliphatic rings. The van der Waals surface area contributed by atoms with Gasteiger partial charge in [-0.3, -0.25) is 0 Å². The van der Waals surface area contributed by atoms with Gasteiger partial charge in [0.15, 0.2) is 0 Å². The molecule has 5 rings (SSSR count). The number of hydrogen-bond donors (Lipinski definition) is 1. The van der Waals surface area contributed by atoms with Crippen molar-refractivity contribution in [3.63, 3.8) is 0 Å². The summed E-state index contributed by atoms with van der Waals surface area (Å²) in [6.07, 6.45) is 8.54. The molecule has 2 aromatic carbocycles. The summed E-state index contributed by atoms with van der Waals surface area (Å²) in [4.78, 5) is 9.39. The Morgan fingerprint density at radius 3 is 2.47 bits per heavy atom. The van der Waals surface area contributed by atoms with Gasteiger partial charge in [0, 0.05) is 35.4 Å². The van der Waals surface area contributed by atoms with Crippen LogP contribution in [0.3, 0.4) is 0 Å². The van der Waals surface area contributed by atoms with E-state index in [1.165, 1.54) is 32.1 Å². The topological polar surface area (TPSA) is 42.7 Å². The van der Waals surface area contributed by atoms with E-state index >= 15 is 0 Å². The number of rotatable bonds is 4. The van der Waals surface area contributed by atoms with Crippen LogP contribution in [0, 0.1) is 17.8 Å². The summed E-state index contributed by atoms with van der Waals surface area (Å²) in [5.74, 6) is 8.08. The lowest BCUT2D eigenvalue weighted by molar-refractivity contribution is 0.327. The molecule has 0 saturated heterocycles. The van der Waals surface area contributed by atoms with Crippen molar-refractivity contribution in [2.75, 3.05) is 5.32 Å². The molecule has 1 N–H and O–H groups in total. The van der Waals surface area contributed by atoms with Gasteiger partial charge in [0.1, 0.15) is 5.69 Å². The van der Waals surface area contributed by atoms with E-state index in [1.54, 1.807) is 0 Å². The van der Waals surface area contributed by atoms with E-state index in [1.807, 2.05) is 48.7 Å². The molecule has 0 spiro atoms. The van der Waals surface area contributed by atoms with Crippen molar-refractivity contribution in [3.05, 3.63) is 77.1 Å². The van der Waals surface area contributed by atoms with Crippen molar-refractivity contribution in [2.24, 2.45) is 13.0 Å². The third kappa shape index (κ3) is 4.95. The van der Waals surface area contributed by atoms with Crippen LogP contribution in [-0.4, -0.2) is 20.6 Å². The Labute approximate surface area is 206 Å². The Morgan fingerprint density at radius 1 is 0.971 bits per heavy atom. The lowest BCUT2D eigenvalue weighted by Gasteiger charge is -2.28. The highest BCUT2D eigenvalue weighted by Gasteiger charge is 2.21. The van der Waals surface area contributed by atoms with Crippen LogP contribution in [0.1, 0.15) is 50.3 Å². The first-order valence-corrected chi connectivity index (χ1v) is 12.4. The van der Waals surface area contributed by atoms with E-state index in [-0.39, 0.29) is 0 Å². The van der Waals surface area contributed by atoms with Crippen molar-refractivity contribution >= 4 is 28.6 Å². The Bertz CT molecular complexity index is 1340. The van der Waals surface area contributed by atoms with Crippen LogP contribution in [0.15, 0.2) is 60.8 Å². The maximum atomic E-state index is 5.98. The molecule has 0 aliphatic heterocycles. The summed E-state index contributed by atoms with van der Waals surface area (Å²) in [6.45, 7) is 2.29. The molecule has 0 unspecified atom stereocenters. The fraction of sp³-hybridized carbons (Fsp3) is 0.310. The van der Waals surface area contributed by atoms with E-state index < -0.39 is 0 Å². The minimum Gasteiger partial charge on any atom is -0.353 e. The first kappa shape index (κ1) is 22.5. The minimum atomic E-state index is 0.428. The van der Waals surface area contributed by atoms with Crippen molar-refractivity contribution in [1.82, 2.24) is 14.5 Å². The van der Waals surface area contributed by atoms with Gasteiger partial charge in [0.05, 0.1) is 11.0 Å². The molecular weight excluding hydrogens is 440 g/mol. The molecule has 2 heterocycles. The molecule has 2 aromatic heterocycles. The number of nitrogens with one attached hydrogen (secondary N) is 1. The van der Waals surface area contributed by atoms with Crippen LogP contribution in [0.4, 0.5) is 5.95 Å². The zero-order chi connectivity index (χ0) is 23.5. The summed E-state index contributed by atoms with van der Waals surface area (Å²) in [6, 6.07) is 18.4. The molecule has 1 fully saturated rings. The van der Waals surface area contributed by atoms with Gasteiger partial charge in [0.25, 0.3) is 0 Å². The first-order chi connectivity index (χ1) is 16.6. The molecule has 34 heavy (non-hydrogen) atoms. The van der Waals surface area contributed by atoms with E-state index in [4.69, 9.17) is 16.6 Å². The molecule has 5 heteroatoms. The Balaban J connectivity index is 1.31. The number of nitrogens with zero attached hydrogens (tertiary/aromatic N) is 3. The highest BCUT2D eigenvalue weighted by atomic mass is 35.5. The zero-order valence-electron chi connectivity index (χ0n) is 19.7. The minimum absolute atomic E-state index is 0.428. The van der Waals surface area contributed by atoms with Crippen LogP contribution < -0.4 is 5.32 Å². The van der Waals surface area contributed by atoms with Crippen molar-refractivity contribution in [1.29, 1.82) is 0 Å². The van der Waals surface area contributed by atoms with E-state index in [9.17, 15) is 0 Å². The Morgan fingerprint density at radius 2 is 1.74 bits per heavy atom. The summed E-state index contributed by atoms with van der Waals surface area (Å²) in [5, 5.41) is 4.39. The maximum absolute atomic E-state index is 5.98. The molecule has 172 valence electrons. The maximum Gasteiger partial charge on any atom is 0.203 e. The molecule has 1 atom stereocenters. The highest BCUT2D eigenvalue weighted by molar-refractivity contribution is 6.30. The third-order valence-corrected chi connectivity index (χ3v) is 7.12. The average Bonchev–Trinajstić information content (AvgIpc) is 3.18. The van der Waals surface area contributed by atoms with Gasteiger partial charge in [-0.05, 0) is 73.6 Å². The molecule has 0 radical (unpaired) electrons. The number of fused-ring (bicyclic) bond motifs is 1. The van der Waals surface area contributed by atoms with Gasteiger partial charge in [-0.25, -0.2) is 9.97 Å². The van der Waals surface area contributed by atoms with Crippen LogP contribution in [-0.2, 0) is 7.05 Å². The number of hydrogen-bond acceptors (Lipinski definition) is 3. The van der Waals surface area contributed by atoms with Gasteiger partial charge >= 0.3 is 0 Å². The van der Waals surface area contributed by atoms with Gasteiger partial charge in [-0.2, -0.15) is 0 Å². The second-order valence-electron chi connectivity index (χ2n) is 9.22. The normalized spacial score (nSPS) is 15.0. The summed E-state index contributed by atoms with van der Waals surface area (Å²) in [5.41, 5.74) is 5.86. The van der Waals surface area contributed by atoms with Crippen molar-refractivity contribution in [2.45, 2.75) is 45.1 Å². The zero-order valence-corrected chi connectivity index (χ0v) is 20.4. The summed E-state index contributed by atoms with van der Waals surface area (Å²) < 4.78 is 2.14. The predicted molar refractivity (Wildman–Crippen MR) is 141 cm³/mol. The largest absolute Gasteiger partial charge is 0.353 e. The number of benzene rings is 2. The van der Waals surface area contributed by atoms with Gasteiger partial charge in [-0.1, -0.05) is 55.0 Å². The number of imidazole rings is 1. The van der Waals surface area contributed by atoms with Crippen LogP contribution in [0.2, 0.25) is 5.02 Å². The van der Waals surface area contributed by atoms with Gasteiger partial charge < -0.3 is 9.88 Å². The molecule has 1 aliphatic carbocycles. The van der Waals surface area contributed by atoms with Crippen LogP contribution in [0.5, 0.6) is 0 Å². The summed E-state index contributed by atoms with van der Waals surface area (Å²) >= 11 is 5.98. The van der Waals surface area contributed by atoms with Gasteiger partial charge in [-0.15, -0.1) is 0 Å². The highest BCUT2D eigenvalue weighted by Crippen LogP contribution is 2.29. The Kier molecular flexibility index (Phi) is 6.56. The average molecular weight is 469 g/mol. The fourth-order valence-corrected chi connectivity index (χ4v) is 4.91. The molecular formula is C29H29ClN4. The predicted octanol–water partition coefficient (Wildman–Crippen LogP) is 7.07. The quantitative estimate of drug-likeness (QED) is 0.326. The van der Waals surface area contributed by atoms with Gasteiger partial charge in [0.2, 0.25) is 5.95 Å². The standard InChI is InChI=1S/C29H29ClN4/c1-20(22-6-4-3-5-7-22)32-29-33-27-18-21(9-17-28(27)34(29)2)8-15-26-16-12-24(19-31-26)23-10-13-25(30)14-11-23/h9-14,16-20,22H,3-7H2,1-2H3,(H,32,33)/t20-/m1/s1. The van der Waals surface area contributed by atoms with Crippen molar-refractivity contribution < 1.29 is 0 Å². The van der Waals surface area contributed by atoms with Crippen LogP contribution in [0.25, 0.3) is 22.2 Å². The molecule has 4 nitrogen and oxygen atoms in total. The second kappa shape index (κ2) is 9.91. The lowest BCUT2D eigenvalue weighted by Crippen LogP contribution is -2.28. The number of halogens is 1. The SMILES string of the molecule is C[C@@H](Nc1nc2cc(C#Cc3ccc(-c4ccc(Cl)cc4)cn3)ccc2n1C)C1CCCCC1. The molecule has 0 bridgehead atoms. The molecule has 0 amide bonds. The number of aryl methyl sites for hydroxylation is 1. The number of pyridine rings is 1.